The third kappa shape index (κ3) is 1.14. The molecule has 2 aliphatic carbocycles. The number of carbonyl (C=O) groups excluding carboxylic acids is 1. The first-order valence-electron chi connectivity index (χ1n) is 5.08. The van der Waals surface area contributed by atoms with Gasteiger partial charge >= 0.3 is 0 Å². The van der Waals surface area contributed by atoms with Crippen LogP contribution < -0.4 is 0 Å². The van der Waals surface area contributed by atoms with E-state index in [-0.39, 0.29) is 11.7 Å². The van der Waals surface area contributed by atoms with Gasteiger partial charge in [-0.25, -0.2) is 0 Å². The van der Waals surface area contributed by atoms with E-state index in [4.69, 9.17) is 9.47 Å². The largest absolute Gasteiger partial charge is 0.348 e. The summed E-state index contributed by atoms with van der Waals surface area (Å²) in [7, 11) is 0. The van der Waals surface area contributed by atoms with E-state index in [0.29, 0.717) is 24.9 Å². The van der Waals surface area contributed by atoms with Crippen LogP contribution in [0.15, 0.2) is 0 Å². The van der Waals surface area contributed by atoms with Gasteiger partial charge in [-0.15, -0.1) is 0 Å². The van der Waals surface area contributed by atoms with Gasteiger partial charge in [-0.2, -0.15) is 0 Å². The fourth-order valence-electron chi connectivity index (χ4n) is 3.05. The lowest BCUT2D eigenvalue weighted by Gasteiger charge is -2.34. The Kier molecular flexibility index (Phi) is 1.56. The van der Waals surface area contributed by atoms with Gasteiger partial charge in [-0.3, -0.25) is 4.79 Å². The third-order valence-electron chi connectivity index (χ3n) is 3.53. The van der Waals surface area contributed by atoms with Crippen LogP contribution >= 0.6 is 0 Å². The molecule has 72 valence electrons. The molecule has 2 saturated carbocycles. The summed E-state index contributed by atoms with van der Waals surface area (Å²) in [6.45, 7) is 1.40. The van der Waals surface area contributed by atoms with Crippen LogP contribution in [-0.2, 0) is 14.3 Å². The summed E-state index contributed by atoms with van der Waals surface area (Å²) in [4.78, 5) is 11.5. The van der Waals surface area contributed by atoms with Gasteiger partial charge in [0.25, 0.3) is 0 Å². The molecule has 3 rings (SSSR count). The van der Waals surface area contributed by atoms with Crippen LogP contribution in [0.1, 0.15) is 25.7 Å². The van der Waals surface area contributed by atoms with Crippen LogP contribution in [0.25, 0.3) is 0 Å². The molecule has 2 bridgehead atoms. The number of hydrogen-bond acceptors (Lipinski definition) is 3. The molecule has 1 aliphatic heterocycles. The fourth-order valence-corrected chi connectivity index (χ4v) is 3.05. The standard InChI is InChI=1S/C10H14O3/c11-9-4-7-3-8(9)6-10(5-7)12-1-2-13-10/h7-8H,1-6H2. The molecule has 3 fully saturated rings. The first kappa shape index (κ1) is 7.94. The van der Waals surface area contributed by atoms with Crippen molar-refractivity contribution in [2.45, 2.75) is 31.5 Å². The van der Waals surface area contributed by atoms with Crippen LogP contribution in [0.5, 0.6) is 0 Å². The van der Waals surface area contributed by atoms with E-state index in [1.54, 1.807) is 0 Å². The number of carbonyl (C=O) groups is 1. The highest BCUT2D eigenvalue weighted by molar-refractivity contribution is 5.83. The van der Waals surface area contributed by atoms with Crippen molar-refractivity contribution < 1.29 is 14.3 Å². The molecule has 0 amide bonds. The van der Waals surface area contributed by atoms with Crippen molar-refractivity contribution in [1.29, 1.82) is 0 Å². The highest BCUT2D eigenvalue weighted by Crippen LogP contribution is 2.47. The molecule has 0 aromatic rings. The number of ether oxygens (including phenoxy) is 2. The predicted molar refractivity (Wildman–Crippen MR) is 45.1 cm³/mol. The molecule has 1 saturated heterocycles. The number of ketones is 1. The smallest absolute Gasteiger partial charge is 0.169 e. The quantitative estimate of drug-likeness (QED) is 0.563. The molecule has 0 aromatic heterocycles. The summed E-state index contributed by atoms with van der Waals surface area (Å²) in [5.74, 6) is 0.835. The minimum Gasteiger partial charge on any atom is -0.348 e. The maximum atomic E-state index is 11.5. The Hall–Kier alpha value is -0.410. The Morgan fingerprint density at radius 3 is 2.69 bits per heavy atom. The van der Waals surface area contributed by atoms with Crippen molar-refractivity contribution in [3.63, 3.8) is 0 Å². The van der Waals surface area contributed by atoms with Crippen molar-refractivity contribution in [3.8, 4) is 0 Å². The normalized spacial score (nSPS) is 41.7. The second-order valence-corrected chi connectivity index (χ2v) is 4.48. The first-order chi connectivity index (χ1) is 6.27. The summed E-state index contributed by atoms with van der Waals surface area (Å²) in [5, 5.41) is 0. The van der Waals surface area contributed by atoms with Crippen molar-refractivity contribution in [1.82, 2.24) is 0 Å². The SMILES string of the molecule is O=C1CC2CC1CC1(C2)OCCO1. The van der Waals surface area contributed by atoms with Gasteiger partial charge in [0.2, 0.25) is 0 Å². The van der Waals surface area contributed by atoms with E-state index < -0.39 is 0 Å². The van der Waals surface area contributed by atoms with Crippen LogP contribution in [0.2, 0.25) is 0 Å². The van der Waals surface area contributed by atoms with E-state index in [2.05, 4.69) is 0 Å². The molecule has 1 heterocycles. The summed E-state index contributed by atoms with van der Waals surface area (Å²) in [5.41, 5.74) is 0. The zero-order chi connectivity index (χ0) is 8.89. The molecule has 0 radical (unpaired) electrons. The third-order valence-corrected chi connectivity index (χ3v) is 3.53. The lowest BCUT2D eigenvalue weighted by molar-refractivity contribution is -0.190. The monoisotopic (exact) mass is 182 g/mol. The zero-order valence-electron chi connectivity index (χ0n) is 7.62. The highest BCUT2D eigenvalue weighted by atomic mass is 16.7. The zero-order valence-corrected chi connectivity index (χ0v) is 7.62. The molecule has 0 aromatic carbocycles. The molecule has 0 N–H and O–H groups in total. The molecule has 3 nitrogen and oxygen atoms in total. The van der Waals surface area contributed by atoms with Crippen molar-refractivity contribution >= 4 is 5.78 Å². The van der Waals surface area contributed by atoms with Crippen LogP contribution in [0.3, 0.4) is 0 Å². The molecular formula is C10H14O3. The van der Waals surface area contributed by atoms with Crippen LogP contribution in [0, 0.1) is 11.8 Å². The van der Waals surface area contributed by atoms with Gasteiger partial charge in [-0.1, -0.05) is 0 Å². The Morgan fingerprint density at radius 1 is 1.23 bits per heavy atom. The maximum Gasteiger partial charge on any atom is 0.169 e. The minimum absolute atomic E-state index is 0.233. The number of hydrogen-bond donors (Lipinski definition) is 0. The second-order valence-electron chi connectivity index (χ2n) is 4.48. The number of Topliss-reactive ketones (excluding diaryl/α,β-unsaturated/α-hetero) is 1. The Balaban J connectivity index is 1.84. The van der Waals surface area contributed by atoms with Crippen molar-refractivity contribution in [2.75, 3.05) is 13.2 Å². The average Bonchev–Trinajstić information content (AvgIpc) is 2.60. The van der Waals surface area contributed by atoms with E-state index >= 15 is 0 Å². The Morgan fingerprint density at radius 2 is 2.00 bits per heavy atom. The van der Waals surface area contributed by atoms with Crippen molar-refractivity contribution in [3.05, 3.63) is 0 Å². The van der Waals surface area contributed by atoms with E-state index in [9.17, 15) is 4.79 Å². The Bertz CT molecular complexity index is 243. The lowest BCUT2D eigenvalue weighted by Crippen LogP contribution is -2.37. The van der Waals surface area contributed by atoms with Gasteiger partial charge in [0, 0.05) is 25.2 Å². The maximum absolute atomic E-state index is 11.5. The van der Waals surface area contributed by atoms with Gasteiger partial charge in [0.05, 0.1) is 13.2 Å². The topological polar surface area (TPSA) is 35.5 Å². The first-order valence-corrected chi connectivity index (χ1v) is 5.08. The number of fused-ring (bicyclic) bond motifs is 2. The van der Waals surface area contributed by atoms with E-state index in [0.717, 1.165) is 25.7 Å². The lowest BCUT2D eigenvalue weighted by atomic mass is 9.84. The van der Waals surface area contributed by atoms with Gasteiger partial charge in [0.1, 0.15) is 5.78 Å². The van der Waals surface area contributed by atoms with Crippen LogP contribution in [0.4, 0.5) is 0 Å². The van der Waals surface area contributed by atoms with Crippen molar-refractivity contribution in [2.24, 2.45) is 11.8 Å². The Labute approximate surface area is 77.4 Å². The molecule has 13 heavy (non-hydrogen) atoms. The predicted octanol–water partition coefficient (Wildman–Crippen LogP) is 1.12. The minimum atomic E-state index is -0.361. The van der Waals surface area contributed by atoms with Gasteiger partial charge in [0.15, 0.2) is 5.79 Å². The molecular weight excluding hydrogens is 168 g/mol. The highest BCUT2D eigenvalue weighted by Gasteiger charge is 2.50. The summed E-state index contributed by atoms with van der Waals surface area (Å²) >= 11 is 0. The van der Waals surface area contributed by atoms with E-state index in [1.165, 1.54) is 0 Å². The van der Waals surface area contributed by atoms with Crippen LogP contribution in [-0.4, -0.2) is 24.8 Å². The average molecular weight is 182 g/mol. The summed E-state index contributed by atoms with van der Waals surface area (Å²) in [6.07, 6.45) is 3.59. The summed E-state index contributed by atoms with van der Waals surface area (Å²) < 4.78 is 11.3. The molecule has 2 atom stereocenters. The molecule has 3 aliphatic rings. The van der Waals surface area contributed by atoms with E-state index in [1.807, 2.05) is 0 Å². The summed E-state index contributed by atoms with van der Waals surface area (Å²) in [6, 6.07) is 0. The molecule has 1 spiro atoms. The fraction of sp³-hybridized carbons (Fsp3) is 0.900. The molecule has 3 heteroatoms. The molecule has 2 unspecified atom stereocenters. The second kappa shape index (κ2) is 2.55. The van der Waals surface area contributed by atoms with Gasteiger partial charge in [-0.05, 0) is 12.3 Å². The van der Waals surface area contributed by atoms with Gasteiger partial charge < -0.3 is 9.47 Å². The number of rotatable bonds is 0.